The molecule has 0 spiro atoms. The number of rotatable bonds is 4. The fourth-order valence-electron chi connectivity index (χ4n) is 2.79. The van der Waals surface area contributed by atoms with Crippen LogP contribution < -0.4 is 10.1 Å². The zero-order valence-corrected chi connectivity index (χ0v) is 14.3. The summed E-state index contributed by atoms with van der Waals surface area (Å²) in [5.41, 5.74) is 5.39. The molecule has 0 bridgehead atoms. The molecule has 0 saturated carbocycles. The third kappa shape index (κ3) is 2.80. The summed E-state index contributed by atoms with van der Waals surface area (Å²) in [6.45, 7) is 3.91. The van der Waals surface area contributed by atoms with Gasteiger partial charge in [0.1, 0.15) is 5.75 Å². The maximum absolute atomic E-state index is 5.56. The Bertz CT molecular complexity index is 1050. The van der Waals surface area contributed by atoms with Crippen LogP contribution in [0, 0.1) is 13.8 Å². The van der Waals surface area contributed by atoms with Gasteiger partial charge in [0.2, 0.25) is 0 Å². The molecule has 0 radical (unpaired) electrons. The van der Waals surface area contributed by atoms with E-state index >= 15 is 0 Å². The van der Waals surface area contributed by atoms with Gasteiger partial charge >= 0.3 is 0 Å². The number of ether oxygens (including phenoxy) is 1. The van der Waals surface area contributed by atoms with Crippen LogP contribution in [0.15, 0.2) is 49.2 Å². The smallest absolute Gasteiger partial charge is 0.177 e. The molecule has 1 aromatic carbocycles. The highest BCUT2D eigenvalue weighted by atomic mass is 16.5. The summed E-state index contributed by atoms with van der Waals surface area (Å²) in [5.74, 6) is 0.756. The van der Waals surface area contributed by atoms with E-state index < -0.39 is 0 Å². The number of anilines is 2. The molecule has 3 aromatic heterocycles. The van der Waals surface area contributed by atoms with E-state index in [0.29, 0.717) is 0 Å². The number of methoxy groups -OCH3 is 1. The molecule has 126 valence electrons. The maximum Gasteiger partial charge on any atom is 0.177 e. The van der Waals surface area contributed by atoms with Crippen molar-refractivity contribution in [2.75, 3.05) is 12.4 Å². The van der Waals surface area contributed by atoms with Gasteiger partial charge in [-0.25, -0.2) is 14.5 Å². The van der Waals surface area contributed by atoms with Gasteiger partial charge in [-0.1, -0.05) is 0 Å². The third-order valence-corrected chi connectivity index (χ3v) is 3.93. The summed E-state index contributed by atoms with van der Waals surface area (Å²) in [4.78, 5) is 8.78. The molecule has 0 atom stereocenters. The van der Waals surface area contributed by atoms with E-state index in [0.717, 1.165) is 39.8 Å². The largest absolute Gasteiger partial charge is 0.494 e. The fourth-order valence-corrected chi connectivity index (χ4v) is 2.79. The Balaban J connectivity index is 1.71. The van der Waals surface area contributed by atoms with E-state index in [4.69, 9.17) is 4.74 Å². The van der Waals surface area contributed by atoms with E-state index in [9.17, 15) is 0 Å². The third-order valence-electron chi connectivity index (χ3n) is 3.93. The van der Waals surface area contributed by atoms with Gasteiger partial charge in [0.25, 0.3) is 0 Å². The van der Waals surface area contributed by atoms with Crippen molar-refractivity contribution in [2.24, 2.45) is 0 Å². The number of hydrogen-bond donors (Lipinski definition) is 1. The Morgan fingerprint density at radius 2 is 1.96 bits per heavy atom. The van der Waals surface area contributed by atoms with Crippen molar-refractivity contribution in [3.63, 3.8) is 0 Å². The minimum absolute atomic E-state index is 0.756. The second-order valence-electron chi connectivity index (χ2n) is 5.83. The van der Waals surface area contributed by atoms with Gasteiger partial charge in [-0.2, -0.15) is 5.10 Å². The summed E-state index contributed by atoms with van der Waals surface area (Å²) in [6, 6.07) is 7.86. The highest BCUT2D eigenvalue weighted by molar-refractivity contribution is 5.74. The predicted molar refractivity (Wildman–Crippen MR) is 95.9 cm³/mol. The van der Waals surface area contributed by atoms with Crippen LogP contribution in [0.2, 0.25) is 0 Å². The topological polar surface area (TPSA) is 69.3 Å². The van der Waals surface area contributed by atoms with Gasteiger partial charge in [0.05, 0.1) is 48.6 Å². The molecule has 7 nitrogen and oxygen atoms in total. The molecule has 3 heterocycles. The van der Waals surface area contributed by atoms with E-state index in [1.807, 2.05) is 55.1 Å². The maximum atomic E-state index is 5.56. The Morgan fingerprint density at radius 3 is 2.72 bits per heavy atom. The minimum atomic E-state index is 0.756. The van der Waals surface area contributed by atoms with Crippen molar-refractivity contribution in [3.05, 3.63) is 60.6 Å². The van der Waals surface area contributed by atoms with Crippen LogP contribution in [0.3, 0.4) is 0 Å². The van der Waals surface area contributed by atoms with Crippen LogP contribution >= 0.6 is 0 Å². The predicted octanol–water partition coefficient (Wildman–Crippen LogP) is 3.28. The molecule has 0 aliphatic rings. The number of aryl methyl sites for hydroxylation is 2. The van der Waals surface area contributed by atoms with Crippen molar-refractivity contribution in [1.82, 2.24) is 24.1 Å². The zero-order valence-electron chi connectivity index (χ0n) is 14.3. The van der Waals surface area contributed by atoms with Gasteiger partial charge in [-0.15, -0.1) is 0 Å². The summed E-state index contributed by atoms with van der Waals surface area (Å²) < 4.78 is 9.26. The van der Waals surface area contributed by atoms with Crippen LogP contribution in [0.25, 0.3) is 11.3 Å². The monoisotopic (exact) mass is 334 g/mol. The number of imidazole rings is 2. The van der Waals surface area contributed by atoms with Gasteiger partial charge in [0.15, 0.2) is 5.65 Å². The average Bonchev–Trinajstić information content (AvgIpc) is 3.20. The lowest BCUT2D eigenvalue weighted by atomic mass is 10.2. The molecular formula is C18H18N6O. The molecule has 4 rings (SSSR count). The molecule has 0 aliphatic carbocycles. The van der Waals surface area contributed by atoms with Crippen molar-refractivity contribution < 1.29 is 4.74 Å². The van der Waals surface area contributed by atoms with Crippen LogP contribution in [0.4, 0.5) is 11.4 Å². The van der Waals surface area contributed by atoms with E-state index in [1.165, 1.54) is 0 Å². The molecule has 25 heavy (non-hydrogen) atoms. The first-order chi connectivity index (χ1) is 12.1. The van der Waals surface area contributed by atoms with Crippen LogP contribution in [-0.4, -0.2) is 31.3 Å². The Morgan fingerprint density at radius 1 is 1.08 bits per heavy atom. The Kier molecular flexibility index (Phi) is 3.61. The first-order valence-corrected chi connectivity index (χ1v) is 7.91. The van der Waals surface area contributed by atoms with Crippen molar-refractivity contribution in [1.29, 1.82) is 0 Å². The lowest BCUT2D eigenvalue weighted by molar-refractivity contribution is 0.413. The summed E-state index contributed by atoms with van der Waals surface area (Å²) in [7, 11) is 1.66. The SMILES string of the molecule is COc1cc(Nc2ccnn3cc(C)nc23)ccc1-n1cnc(C)c1. The highest BCUT2D eigenvalue weighted by Crippen LogP contribution is 2.29. The zero-order chi connectivity index (χ0) is 17.4. The molecular weight excluding hydrogens is 316 g/mol. The first-order valence-electron chi connectivity index (χ1n) is 7.91. The average molecular weight is 334 g/mol. The lowest BCUT2D eigenvalue weighted by Crippen LogP contribution is -1.99. The molecule has 0 unspecified atom stereocenters. The number of fused-ring (bicyclic) bond motifs is 1. The molecule has 0 amide bonds. The van der Waals surface area contributed by atoms with Gasteiger partial charge in [-0.05, 0) is 32.0 Å². The molecule has 0 aliphatic heterocycles. The quantitative estimate of drug-likeness (QED) is 0.620. The second kappa shape index (κ2) is 5.94. The second-order valence-corrected chi connectivity index (χ2v) is 5.83. The first kappa shape index (κ1) is 15.2. The number of nitrogens with zero attached hydrogens (tertiary/aromatic N) is 5. The van der Waals surface area contributed by atoms with Gasteiger partial charge in [-0.3, -0.25) is 0 Å². The standard InChI is InChI=1S/C18H18N6O/c1-12-9-23(11-19-12)16-5-4-14(8-17(16)25-3)22-15-6-7-20-24-10-13(2)21-18(15)24/h4-11,22H,1-3H3. The van der Waals surface area contributed by atoms with E-state index in [-0.39, 0.29) is 0 Å². The lowest BCUT2D eigenvalue weighted by Gasteiger charge is -2.13. The molecule has 7 heteroatoms. The summed E-state index contributed by atoms with van der Waals surface area (Å²) in [6.07, 6.45) is 7.38. The molecule has 4 aromatic rings. The van der Waals surface area contributed by atoms with Crippen LogP contribution in [0.1, 0.15) is 11.4 Å². The van der Waals surface area contributed by atoms with E-state index in [1.54, 1.807) is 24.1 Å². The molecule has 0 saturated heterocycles. The Hall–Kier alpha value is -3.35. The highest BCUT2D eigenvalue weighted by Gasteiger charge is 2.10. The number of aromatic nitrogens is 5. The normalized spacial score (nSPS) is 11.0. The fraction of sp³-hybridized carbons (Fsp3) is 0.167. The summed E-state index contributed by atoms with van der Waals surface area (Å²) >= 11 is 0. The Labute approximate surface area is 144 Å². The van der Waals surface area contributed by atoms with Crippen LogP contribution in [-0.2, 0) is 0 Å². The number of hydrogen-bond acceptors (Lipinski definition) is 5. The van der Waals surface area contributed by atoms with Crippen molar-refractivity contribution in [2.45, 2.75) is 13.8 Å². The number of nitrogens with one attached hydrogen (secondary N) is 1. The van der Waals surface area contributed by atoms with Crippen LogP contribution in [0.5, 0.6) is 5.75 Å². The number of benzene rings is 1. The minimum Gasteiger partial charge on any atom is -0.494 e. The molecule has 0 fully saturated rings. The summed E-state index contributed by atoms with van der Waals surface area (Å²) in [5, 5.41) is 7.66. The van der Waals surface area contributed by atoms with Gasteiger partial charge < -0.3 is 14.6 Å². The van der Waals surface area contributed by atoms with Crippen molar-refractivity contribution >= 4 is 17.0 Å². The van der Waals surface area contributed by atoms with Crippen molar-refractivity contribution in [3.8, 4) is 11.4 Å². The van der Waals surface area contributed by atoms with E-state index in [2.05, 4.69) is 20.4 Å². The van der Waals surface area contributed by atoms with Gasteiger partial charge in [0, 0.05) is 18.0 Å². The molecule has 1 N–H and O–H groups in total.